The van der Waals surface area contributed by atoms with Gasteiger partial charge in [0.25, 0.3) is 0 Å². The van der Waals surface area contributed by atoms with Crippen LogP contribution in [0.15, 0.2) is 72.8 Å². The van der Waals surface area contributed by atoms with Crippen molar-refractivity contribution in [2.45, 2.75) is 33.5 Å². The second-order valence-corrected chi connectivity index (χ2v) is 7.44. The highest BCUT2D eigenvalue weighted by molar-refractivity contribution is 5.70. The van der Waals surface area contributed by atoms with E-state index in [1.807, 2.05) is 62.4 Å². The van der Waals surface area contributed by atoms with Gasteiger partial charge in [0.05, 0.1) is 13.2 Å². The summed E-state index contributed by atoms with van der Waals surface area (Å²) in [5.74, 6) is 1.66. The molecule has 0 aliphatic carbocycles. The maximum Gasteiger partial charge on any atom is 0.308 e. The molecule has 1 N–H and O–H groups in total. The van der Waals surface area contributed by atoms with Gasteiger partial charge in [-0.05, 0) is 43.7 Å². The van der Waals surface area contributed by atoms with Gasteiger partial charge in [-0.3, -0.25) is 4.79 Å². The molecular weight excluding hydrogens is 432 g/mol. The van der Waals surface area contributed by atoms with Crippen molar-refractivity contribution in [1.82, 2.24) is 0 Å². The first kappa shape index (κ1) is 24.9. The molecular formula is C28H30O6. The van der Waals surface area contributed by atoms with Crippen LogP contribution < -0.4 is 18.9 Å². The summed E-state index contributed by atoms with van der Waals surface area (Å²) in [6.07, 6.45) is 2.37. The third-order valence-electron chi connectivity index (χ3n) is 4.86. The molecule has 1 unspecified atom stereocenters. The number of carbonyl (C=O) groups excluding carboxylic acids is 1. The van der Waals surface area contributed by atoms with E-state index >= 15 is 0 Å². The molecule has 0 bridgehead atoms. The molecule has 3 aromatic carbocycles. The van der Waals surface area contributed by atoms with Gasteiger partial charge >= 0.3 is 5.97 Å². The molecule has 1 atom stereocenters. The molecule has 0 saturated carbocycles. The van der Waals surface area contributed by atoms with Crippen LogP contribution in [0.5, 0.6) is 23.0 Å². The summed E-state index contributed by atoms with van der Waals surface area (Å²) in [6, 6.07) is 20.3. The fourth-order valence-electron chi connectivity index (χ4n) is 3.32. The van der Waals surface area contributed by atoms with Gasteiger partial charge in [-0.25, -0.2) is 0 Å². The largest absolute Gasteiger partial charge is 0.494 e. The molecule has 3 aromatic rings. The number of ether oxygens (including phenoxy) is 4. The fourth-order valence-corrected chi connectivity index (χ4v) is 3.32. The Bertz CT molecular complexity index is 1110. The van der Waals surface area contributed by atoms with E-state index in [-0.39, 0.29) is 5.75 Å². The lowest BCUT2D eigenvalue weighted by molar-refractivity contribution is -0.131. The minimum atomic E-state index is -1.02. The summed E-state index contributed by atoms with van der Waals surface area (Å²) in [5.41, 5.74) is 2.26. The molecule has 6 nitrogen and oxygen atoms in total. The number of aliphatic hydroxyl groups is 1. The first-order chi connectivity index (χ1) is 16.5. The van der Waals surface area contributed by atoms with E-state index in [1.54, 1.807) is 30.4 Å². The molecule has 6 heteroatoms. The fraction of sp³-hybridized carbons (Fsp3) is 0.250. The molecule has 0 heterocycles. The maximum absolute atomic E-state index is 11.7. The Morgan fingerprint density at radius 1 is 0.882 bits per heavy atom. The van der Waals surface area contributed by atoms with Crippen molar-refractivity contribution in [2.75, 3.05) is 13.2 Å². The molecule has 34 heavy (non-hydrogen) atoms. The topological polar surface area (TPSA) is 74.2 Å². The second-order valence-electron chi connectivity index (χ2n) is 7.44. The van der Waals surface area contributed by atoms with Gasteiger partial charge in [0.2, 0.25) is 0 Å². The minimum absolute atomic E-state index is 0.243. The minimum Gasteiger partial charge on any atom is -0.494 e. The van der Waals surface area contributed by atoms with E-state index in [0.717, 1.165) is 11.1 Å². The van der Waals surface area contributed by atoms with E-state index in [1.165, 1.54) is 6.92 Å². The van der Waals surface area contributed by atoms with Crippen LogP contribution in [0, 0.1) is 0 Å². The lowest BCUT2D eigenvalue weighted by Gasteiger charge is -2.15. The molecule has 178 valence electrons. The number of benzene rings is 3. The van der Waals surface area contributed by atoms with Gasteiger partial charge < -0.3 is 24.1 Å². The predicted molar refractivity (Wildman–Crippen MR) is 131 cm³/mol. The van der Waals surface area contributed by atoms with Crippen molar-refractivity contribution in [3.05, 3.63) is 89.5 Å². The average molecular weight is 463 g/mol. The first-order valence-corrected chi connectivity index (χ1v) is 11.2. The smallest absolute Gasteiger partial charge is 0.308 e. The van der Waals surface area contributed by atoms with Gasteiger partial charge in [-0.1, -0.05) is 42.5 Å². The number of hydrogen-bond acceptors (Lipinski definition) is 6. The van der Waals surface area contributed by atoms with Crippen molar-refractivity contribution < 1.29 is 28.8 Å². The predicted octanol–water partition coefficient (Wildman–Crippen LogP) is 5.74. The second kappa shape index (κ2) is 12.5. The highest BCUT2D eigenvalue weighted by Crippen LogP contribution is 2.33. The Morgan fingerprint density at radius 2 is 1.56 bits per heavy atom. The van der Waals surface area contributed by atoms with Crippen LogP contribution in [0.25, 0.3) is 6.08 Å². The summed E-state index contributed by atoms with van der Waals surface area (Å²) in [5, 5.41) is 10.8. The maximum atomic E-state index is 11.7. The van der Waals surface area contributed by atoms with Crippen LogP contribution in [0.3, 0.4) is 0 Å². The van der Waals surface area contributed by atoms with Crippen LogP contribution in [0.4, 0.5) is 0 Å². The van der Waals surface area contributed by atoms with Gasteiger partial charge in [0, 0.05) is 30.2 Å². The highest BCUT2D eigenvalue weighted by Gasteiger charge is 2.15. The highest BCUT2D eigenvalue weighted by atomic mass is 16.5. The van der Waals surface area contributed by atoms with E-state index < -0.39 is 12.1 Å². The quantitative estimate of drug-likeness (QED) is 0.290. The van der Waals surface area contributed by atoms with Crippen LogP contribution in [0.2, 0.25) is 0 Å². The van der Waals surface area contributed by atoms with Crippen LogP contribution in [-0.2, 0) is 11.4 Å². The standard InChI is InChI=1S/C28H30O6/c1-4-31-23-13-11-22(27(17-23)32-5-2)12-16-26(30)25-15-14-24(18-28(25)34-20(3)29)33-19-21-9-7-6-8-10-21/h6-18,26,30H,4-5,19H2,1-3H3. The summed E-state index contributed by atoms with van der Waals surface area (Å²) in [7, 11) is 0. The third-order valence-corrected chi connectivity index (χ3v) is 4.86. The average Bonchev–Trinajstić information content (AvgIpc) is 2.83. The number of esters is 1. The van der Waals surface area contributed by atoms with Crippen molar-refractivity contribution >= 4 is 12.0 Å². The zero-order valence-electron chi connectivity index (χ0n) is 19.7. The monoisotopic (exact) mass is 462 g/mol. The van der Waals surface area contributed by atoms with Crippen molar-refractivity contribution in [3.63, 3.8) is 0 Å². The molecule has 0 radical (unpaired) electrons. The van der Waals surface area contributed by atoms with Crippen molar-refractivity contribution in [3.8, 4) is 23.0 Å². The molecule has 0 spiro atoms. The van der Waals surface area contributed by atoms with E-state index in [0.29, 0.717) is 42.6 Å². The molecule has 0 aliphatic heterocycles. The normalized spacial score (nSPS) is 11.8. The Labute approximate surface area is 200 Å². The molecule has 0 amide bonds. The molecule has 0 aliphatic rings. The van der Waals surface area contributed by atoms with Crippen LogP contribution >= 0.6 is 0 Å². The van der Waals surface area contributed by atoms with Gasteiger partial charge in [-0.15, -0.1) is 0 Å². The zero-order chi connectivity index (χ0) is 24.3. The molecule has 0 fully saturated rings. The Kier molecular flexibility index (Phi) is 9.12. The van der Waals surface area contributed by atoms with Crippen molar-refractivity contribution in [2.24, 2.45) is 0 Å². The Morgan fingerprint density at radius 3 is 2.26 bits per heavy atom. The Hall–Kier alpha value is -3.77. The summed E-state index contributed by atoms with van der Waals surface area (Å²) < 4.78 is 22.5. The molecule has 3 rings (SSSR count). The number of rotatable bonds is 11. The molecule has 0 aromatic heterocycles. The van der Waals surface area contributed by atoms with Crippen LogP contribution in [0.1, 0.15) is 43.6 Å². The summed E-state index contributed by atoms with van der Waals surface area (Å²) in [6.45, 7) is 6.58. The van der Waals surface area contributed by atoms with Gasteiger partial charge in [-0.2, -0.15) is 0 Å². The van der Waals surface area contributed by atoms with Crippen LogP contribution in [-0.4, -0.2) is 24.3 Å². The summed E-state index contributed by atoms with van der Waals surface area (Å²) in [4.78, 5) is 11.7. The SMILES string of the molecule is CCOc1ccc(C=CC(O)c2ccc(OCc3ccccc3)cc2OC(C)=O)c(OCC)c1. The number of carbonyl (C=O) groups is 1. The third kappa shape index (κ3) is 7.12. The number of hydrogen-bond donors (Lipinski definition) is 1. The van der Waals surface area contributed by atoms with Crippen molar-refractivity contribution in [1.29, 1.82) is 0 Å². The van der Waals surface area contributed by atoms with Gasteiger partial charge in [0.15, 0.2) is 0 Å². The number of aliphatic hydroxyl groups excluding tert-OH is 1. The zero-order valence-corrected chi connectivity index (χ0v) is 19.7. The summed E-state index contributed by atoms with van der Waals surface area (Å²) >= 11 is 0. The lowest BCUT2D eigenvalue weighted by atomic mass is 10.1. The Balaban J connectivity index is 1.80. The van der Waals surface area contributed by atoms with E-state index in [9.17, 15) is 9.90 Å². The molecule has 0 saturated heterocycles. The van der Waals surface area contributed by atoms with E-state index in [2.05, 4.69) is 0 Å². The first-order valence-electron chi connectivity index (χ1n) is 11.2. The van der Waals surface area contributed by atoms with Gasteiger partial charge in [0.1, 0.15) is 35.7 Å². The lowest BCUT2D eigenvalue weighted by Crippen LogP contribution is -2.06. The van der Waals surface area contributed by atoms with E-state index in [4.69, 9.17) is 18.9 Å².